The molecule has 0 amide bonds. The second-order valence-electron chi connectivity index (χ2n) is 4.27. The van der Waals surface area contributed by atoms with Crippen LogP contribution in [0.15, 0.2) is 5.38 Å². The fourth-order valence-corrected chi connectivity index (χ4v) is 2.61. The van der Waals surface area contributed by atoms with Crippen LogP contribution in [0, 0.1) is 6.92 Å². The summed E-state index contributed by atoms with van der Waals surface area (Å²) in [6.07, 6.45) is 7.01. The molecule has 0 atom stereocenters. The van der Waals surface area contributed by atoms with Crippen LogP contribution < -0.4 is 0 Å². The zero-order valence-electron chi connectivity index (χ0n) is 9.57. The summed E-state index contributed by atoms with van der Waals surface area (Å²) in [5, 5.41) is 2.68. The number of nitrogens with zero attached hydrogens (tertiary/aromatic N) is 1. The van der Waals surface area contributed by atoms with E-state index in [1.807, 2.05) is 6.92 Å². The van der Waals surface area contributed by atoms with Crippen molar-refractivity contribution in [3.63, 3.8) is 0 Å². The Morgan fingerprint density at radius 3 is 2.62 bits per heavy atom. The third-order valence-corrected chi connectivity index (χ3v) is 3.68. The maximum atomic E-state index is 11.8. The molecule has 1 fully saturated rings. The highest BCUT2D eigenvalue weighted by molar-refractivity contribution is 7.09. The highest BCUT2D eigenvalue weighted by Crippen LogP contribution is 2.21. The summed E-state index contributed by atoms with van der Waals surface area (Å²) in [6, 6.07) is 0. The van der Waals surface area contributed by atoms with E-state index in [1.165, 1.54) is 37.0 Å². The SMILES string of the molecule is Cc1nc(C(=O)OC2CCCCCC2)cs1. The lowest BCUT2D eigenvalue weighted by atomic mass is 10.1. The zero-order chi connectivity index (χ0) is 11.4. The molecule has 4 heteroatoms. The van der Waals surface area contributed by atoms with E-state index in [0.717, 1.165) is 17.8 Å². The van der Waals surface area contributed by atoms with Gasteiger partial charge in [0.05, 0.1) is 5.01 Å². The highest BCUT2D eigenvalue weighted by atomic mass is 32.1. The molecule has 0 aromatic carbocycles. The van der Waals surface area contributed by atoms with E-state index in [9.17, 15) is 4.79 Å². The standard InChI is InChI=1S/C12H17NO2S/c1-9-13-11(8-16-9)12(14)15-10-6-4-2-3-5-7-10/h8,10H,2-7H2,1H3. The Kier molecular flexibility index (Phi) is 3.93. The molecule has 1 aromatic heterocycles. The molecule has 1 aliphatic rings. The van der Waals surface area contributed by atoms with Crippen molar-refractivity contribution in [3.8, 4) is 0 Å². The van der Waals surface area contributed by atoms with E-state index < -0.39 is 0 Å². The molecule has 1 heterocycles. The lowest BCUT2D eigenvalue weighted by Gasteiger charge is -2.14. The van der Waals surface area contributed by atoms with Crippen LogP contribution >= 0.6 is 11.3 Å². The summed E-state index contributed by atoms with van der Waals surface area (Å²) in [6.45, 7) is 1.90. The van der Waals surface area contributed by atoms with Gasteiger partial charge in [-0.25, -0.2) is 9.78 Å². The van der Waals surface area contributed by atoms with Gasteiger partial charge in [0.1, 0.15) is 6.10 Å². The Bertz CT molecular complexity index is 354. The van der Waals surface area contributed by atoms with Gasteiger partial charge in [-0.1, -0.05) is 12.8 Å². The Balaban J connectivity index is 1.90. The van der Waals surface area contributed by atoms with Crippen LogP contribution in [0.4, 0.5) is 0 Å². The molecule has 88 valence electrons. The summed E-state index contributed by atoms with van der Waals surface area (Å²) >= 11 is 1.49. The van der Waals surface area contributed by atoms with Crippen LogP contribution in [0.3, 0.4) is 0 Å². The van der Waals surface area contributed by atoms with Crippen LogP contribution in [-0.2, 0) is 4.74 Å². The average molecular weight is 239 g/mol. The van der Waals surface area contributed by atoms with Crippen molar-refractivity contribution in [1.29, 1.82) is 0 Å². The molecular weight excluding hydrogens is 222 g/mol. The molecule has 3 nitrogen and oxygen atoms in total. The molecule has 0 aliphatic heterocycles. The summed E-state index contributed by atoms with van der Waals surface area (Å²) in [5.74, 6) is -0.253. The molecule has 1 aliphatic carbocycles. The predicted molar refractivity (Wildman–Crippen MR) is 63.8 cm³/mol. The summed E-state index contributed by atoms with van der Waals surface area (Å²) in [5.41, 5.74) is 0.465. The van der Waals surface area contributed by atoms with E-state index in [4.69, 9.17) is 4.74 Å². The van der Waals surface area contributed by atoms with Gasteiger partial charge in [-0.2, -0.15) is 0 Å². The largest absolute Gasteiger partial charge is 0.458 e. The number of esters is 1. The fourth-order valence-electron chi connectivity index (χ4n) is 2.03. The lowest BCUT2D eigenvalue weighted by Crippen LogP contribution is -2.17. The Hall–Kier alpha value is -0.900. The van der Waals surface area contributed by atoms with Crippen molar-refractivity contribution in [3.05, 3.63) is 16.1 Å². The van der Waals surface area contributed by atoms with Crippen molar-refractivity contribution < 1.29 is 9.53 Å². The monoisotopic (exact) mass is 239 g/mol. The van der Waals surface area contributed by atoms with Crippen molar-refractivity contribution in [2.75, 3.05) is 0 Å². The average Bonchev–Trinajstić information content (AvgIpc) is 2.54. The first-order valence-corrected chi connectivity index (χ1v) is 6.77. The molecule has 0 saturated heterocycles. The van der Waals surface area contributed by atoms with Crippen molar-refractivity contribution in [2.45, 2.75) is 51.6 Å². The third kappa shape index (κ3) is 3.04. The second kappa shape index (κ2) is 5.43. The van der Waals surface area contributed by atoms with Gasteiger partial charge in [0.2, 0.25) is 0 Å². The molecule has 2 rings (SSSR count). The maximum absolute atomic E-state index is 11.8. The number of carbonyl (C=O) groups excluding carboxylic acids is 1. The highest BCUT2D eigenvalue weighted by Gasteiger charge is 2.19. The minimum absolute atomic E-state index is 0.108. The number of hydrogen-bond donors (Lipinski definition) is 0. The van der Waals surface area contributed by atoms with Crippen LogP contribution in [0.2, 0.25) is 0 Å². The summed E-state index contributed by atoms with van der Waals surface area (Å²) in [7, 11) is 0. The van der Waals surface area contributed by atoms with Crippen LogP contribution in [0.1, 0.15) is 54.0 Å². The van der Waals surface area contributed by atoms with Gasteiger partial charge in [0.15, 0.2) is 5.69 Å². The molecule has 0 spiro atoms. The molecule has 0 unspecified atom stereocenters. The van der Waals surface area contributed by atoms with E-state index >= 15 is 0 Å². The number of hydrogen-bond acceptors (Lipinski definition) is 4. The van der Waals surface area contributed by atoms with E-state index in [2.05, 4.69) is 4.98 Å². The second-order valence-corrected chi connectivity index (χ2v) is 5.33. The Labute approximate surface area is 99.8 Å². The number of aromatic nitrogens is 1. The topological polar surface area (TPSA) is 39.2 Å². The molecule has 0 N–H and O–H groups in total. The number of ether oxygens (including phenoxy) is 1. The Morgan fingerprint density at radius 2 is 2.06 bits per heavy atom. The van der Waals surface area contributed by atoms with Crippen LogP contribution in [0.5, 0.6) is 0 Å². The van der Waals surface area contributed by atoms with E-state index in [0.29, 0.717) is 5.69 Å². The molecule has 16 heavy (non-hydrogen) atoms. The van der Waals surface area contributed by atoms with Crippen LogP contribution in [-0.4, -0.2) is 17.1 Å². The van der Waals surface area contributed by atoms with Gasteiger partial charge in [0.25, 0.3) is 0 Å². The number of aryl methyl sites for hydroxylation is 1. The molecule has 1 aromatic rings. The van der Waals surface area contributed by atoms with Crippen LogP contribution in [0.25, 0.3) is 0 Å². The van der Waals surface area contributed by atoms with Gasteiger partial charge < -0.3 is 4.74 Å². The Morgan fingerprint density at radius 1 is 1.38 bits per heavy atom. The van der Waals surface area contributed by atoms with Crippen molar-refractivity contribution >= 4 is 17.3 Å². The first kappa shape index (κ1) is 11.6. The first-order chi connectivity index (χ1) is 7.75. The van der Waals surface area contributed by atoms with Gasteiger partial charge in [-0.3, -0.25) is 0 Å². The molecule has 0 bridgehead atoms. The van der Waals surface area contributed by atoms with E-state index in [-0.39, 0.29) is 12.1 Å². The minimum Gasteiger partial charge on any atom is -0.458 e. The summed E-state index contributed by atoms with van der Waals surface area (Å²) in [4.78, 5) is 15.9. The smallest absolute Gasteiger partial charge is 0.358 e. The van der Waals surface area contributed by atoms with E-state index in [1.54, 1.807) is 5.38 Å². The zero-order valence-corrected chi connectivity index (χ0v) is 10.4. The summed E-state index contributed by atoms with van der Waals surface area (Å²) < 4.78 is 5.48. The first-order valence-electron chi connectivity index (χ1n) is 5.89. The molecule has 1 saturated carbocycles. The fraction of sp³-hybridized carbons (Fsp3) is 0.667. The predicted octanol–water partition coefficient (Wildman–Crippen LogP) is 3.33. The quantitative estimate of drug-likeness (QED) is 0.587. The van der Waals surface area contributed by atoms with Crippen molar-refractivity contribution in [1.82, 2.24) is 4.98 Å². The lowest BCUT2D eigenvalue weighted by molar-refractivity contribution is 0.0261. The minimum atomic E-state index is -0.253. The number of thiazole rings is 1. The molecular formula is C12H17NO2S. The molecule has 0 radical (unpaired) electrons. The third-order valence-electron chi connectivity index (χ3n) is 2.90. The number of carbonyl (C=O) groups is 1. The van der Waals surface area contributed by atoms with Gasteiger partial charge in [0, 0.05) is 5.38 Å². The van der Waals surface area contributed by atoms with Crippen molar-refractivity contribution in [2.24, 2.45) is 0 Å². The van der Waals surface area contributed by atoms with Gasteiger partial charge >= 0.3 is 5.97 Å². The normalized spacial score (nSPS) is 18.1. The maximum Gasteiger partial charge on any atom is 0.358 e. The van der Waals surface area contributed by atoms with Gasteiger partial charge in [-0.15, -0.1) is 11.3 Å². The van der Waals surface area contributed by atoms with Gasteiger partial charge in [-0.05, 0) is 32.6 Å². The number of rotatable bonds is 2.